The molecule has 17 heteroatoms. The topological polar surface area (TPSA) is 156 Å². The lowest BCUT2D eigenvalue weighted by atomic mass is 10.2. The van der Waals surface area contributed by atoms with Gasteiger partial charge < -0.3 is 15.6 Å². The Morgan fingerprint density at radius 3 is 2.38 bits per heavy atom. The van der Waals surface area contributed by atoms with Crippen LogP contribution in [0.25, 0.3) is 17.2 Å². The largest absolute Gasteiger partial charge is 0.438 e. The van der Waals surface area contributed by atoms with Crippen molar-refractivity contribution >= 4 is 29.3 Å². The molecular formula is C22H19Cl2F3N8O4. The van der Waals surface area contributed by atoms with E-state index in [0.717, 1.165) is 4.68 Å². The number of aromatic nitrogens is 7. The van der Waals surface area contributed by atoms with E-state index in [1.807, 2.05) is 0 Å². The molecule has 3 aromatic heterocycles. The minimum atomic E-state index is -4.98. The van der Waals surface area contributed by atoms with Gasteiger partial charge in [0.25, 0.3) is 0 Å². The predicted octanol–water partition coefficient (Wildman–Crippen LogP) is 3.12. The molecule has 206 valence electrons. The Hall–Kier alpha value is -3.95. The van der Waals surface area contributed by atoms with E-state index in [1.165, 1.54) is 54.2 Å². The van der Waals surface area contributed by atoms with E-state index in [-0.39, 0.29) is 28.9 Å². The standard InChI is InChI=1S/C22H19Cl2F3N8O4/c1-11(39-20(28)37)18-30-16(31-35(18)17-7-6-14(24)8-29-17)10-34-21(38)33(9-15(36)22(25,26)27)19(32-34)12-2-4-13(23)5-3-12/h2-8,11,15,36H,9-10H2,1H3,(H2,28,37)/t11-,15-/m0/s1. The summed E-state index contributed by atoms with van der Waals surface area (Å²) in [6, 6.07) is 8.92. The van der Waals surface area contributed by atoms with Crippen LogP contribution in [0, 0.1) is 0 Å². The predicted molar refractivity (Wildman–Crippen MR) is 131 cm³/mol. The Morgan fingerprint density at radius 1 is 1.13 bits per heavy atom. The van der Waals surface area contributed by atoms with E-state index in [9.17, 15) is 27.9 Å². The van der Waals surface area contributed by atoms with Gasteiger partial charge in [-0.1, -0.05) is 23.2 Å². The van der Waals surface area contributed by atoms with Crippen molar-refractivity contribution < 1.29 is 27.8 Å². The Morgan fingerprint density at radius 2 is 1.79 bits per heavy atom. The number of ether oxygens (including phenoxy) is 1. The zero-order valence-electron chi connectivity index (χ0n) is 19.9. The first-order chi connectivity index (χ1) is 18.3. The van der Waals surface area contributed by atoms with Crippen LogP contribution in [0.5, 0.6) is 0 Å². The second-order valence-corrected chi connectivity index (χ2v) is 9.02. The van der Waals surface area contributed by atoms with Gasteiger partial charge >= 0.3 is 18.0 Å². The number of rotatable bonds is 8. The molecule has 12 nitrogen and oxygen atoms in total. The van der Waals surface area contributed by atoms with Gasteiger partial charge in [0.2, 0.25) is 0 Å². The smallest absolute Gasteiger partial charge is 0.416 e. The molecule has 0 aliphatic heterocycles. The van der Waals surface area contributed by atoms with Crippen molar-refractivity contribution in [3.05, 3.63) is 74.8 Å². The molecule has 4 aromatic rings. The van der Waals surface area contributed by atoms with Crippen LogP contribution >= 0.6 is 23.2 Å². The molecule has 0 unspecified atom stereocenters. The lowest BCUT2D eigenvalue weighted by Gasteiger charge is -2.15. The molecule has 3 N–H and O–H groups in total. The van der Waals surface area contributed by atoms with Gasteiger partial charge in [-0.3, -0.25) is 4.57 Å². The van der Waals surface area contributed by atoms with Crippen molar-refractivity contribution in [1.29, 1.82) is 0 Å². The van der Waals surface area contributed by atoms with Gasteiger partial charge in [-0.05, 0) is 43.3 Å². The van der Waals surface area contributed by atoms with Gasteiger partial charge in [0.15, 0.2) is 35.5 Å². The minimum Gasteiger partial charge on any atom is -0.438 e. The number of carbonyl (C=O) groups excluding carboxylic acids is 1. The zero-order chi connectivity index (χ0) is 28.5. The van der Waals surface area contributed by atoms with Crippen molar-refractivity contribution in [2.24, 2.45) is 5.73 Å². The molecule has 4 rings (SSSR count). The second-order valence-electron chi connectivity index (χ2n) is 8.15. The monoisotopic (exact) mass is 586 g/mol. The van der Waals surface area contributed by atoms with Crippen LogP contribution in [-0.4, -0.2) is 57.6 Å². The maximum absolute atomic E-state index is 13.2. The SMILES string of the molecule is C[C@H](OC(N)=O)c1nc(Cn2nc(-c3ccc(Cl)cc3)n(C[C@H](O)C(F)(F)F)c2=O)nn1-c1ccc(Cl)cn1. The summed E-state index contributed by atoms with van der Waals surface area (Å²) in [5.41, 5.74) is 4.44. The van der Waals surface area contributed by atoms with Gasteiger partial charge in [0.1, 0.15) is 6.54 Å². The summed E-state index contributed by atoms with van der Waals surface area (Å²) in [5, 5.41) is 18.8. The van der Waals surface area contributed by atoms with Crippen LogP contribution < -0.4 is 11.4 Å². The molecule has 2 atom stereocenters. The summed E-state index contributed by atoms with van der Waals surface area (Å²) >= 11 is 11.8. The number of pyridine rings is 1. The summed E-state index contributed by atoms with van der Waals surface area (Å²) in [6.45, 7) is -0.0277. The number of halogens is 5. The highest BCUT2D eigenvalue weighted by Crippen LogP contribution is 2.24. The molecule has 3 heterocycles. The summed E-state index contributed by atoms with van der Waals surface area (Å²) in [7, 11) is 0. The lowest BCUT2D eigenvalue weighted by Crippen LogP contribution is -2.37. The third-order valence-electron chi connectivity index (χ3n) is 5.31. The van der Waals surface area contributed by atoms with E-state index in [1.54, 1.807) is 0 Å². The number of aliphatic hydroxyl groups excluding tert-OH is 1. The summed E-state index contributed by atoms with van der Waals surface area (Å²) < 4.78 is 47.1. The second kappa shape index (κ2) is 11.0. The van der Waals surface area contributed by atoms with Crippen LogP contribution in [0.1, 0.15) is 24.7 Å². The fourth-order valence-corrected chi connectivity index (χ4v) is 3.76. The van der Waals surface area contributed by atoms with Gasteiger partial charge in [-0.2, -0.15) is 17.9 Å². The summed E-state index contributed by atoms with van der Waals surface area (Å²) in [6.07, 6.45) is -8.53. The number of nitrogens with two attached hydrogens (primary N) is 1. The van der Waals surface area contributed by atoms with E-state index in [0.29, 0.717) is 14.6 Å². The van der Waals surface area contributed by atoms with Gasteiger partial charge in [0.05, 0.1) is 11.6 Å². The molecule has 39 heavy (non-hydrogen) atoms. The number of primary amides is 1. The van der Waals surface area contributed by atoms with Crippen molar-refractivity contribution in [1.82, 2.24) is 34.1 Å². The summed E-state index contributed by atoms with van der Waals surface area (Å²) in [4.78, 5) is 32.9. The van der Waals surface area contributed by atoms with Crippen molar-refractivity contribution in [3.63, 3.8) is 0 Å². The highest BCUT2D eigenvalue weighted by Gasteiger charge is 2.39. The fourth-order valence-electron chi connectivity index (χ4n) is 3.52. The molecule has 0 bridgehead atoms. The molecule has 0 spiro atoms. The molecule has 1 amide bonds. The Balaban J connectivity index is 1.77. The average molecular weight is 587 g/mol. The number of carbonyl (C=O) groups is 1. The average Bonchev–Trinajstić information content (AvgIpc) is 3.41. The first kappa shape index (κ1) is 28.1. The number of aliphatic hydroxyl groups is 1. The Bertz CT molecular complexity index is 1530. The Labute approximate surface area is 227 Å². The summed E-state index contributed by atoms with van der Waals surface area (Å²) in [5.74, 6) is 0.148. The zero-order valence-corrected chi connectivity index (χ0v) is 21.4. The molecular weight excluding hydrogens is 568 g/mol. The van der Waals surface area contributed by atoms with Gasteiger partial charge in [0, 0.05) is 16.8 Å². The highest BCUT2D eigenvalue weighted by molar-refractivity contribution is 6.30. The highest BCUT2D eigenvalue weighted by atomic mass is 35.5. The maximum atomic E-state index is 13.2. The number of hydrogen-bond acceptors (Lipinski definition) is 8. The number of hydrogen-bond donors (Lipinski definition) is 2. The minimum absolute atomic E-state index is 0.0209. The first-order valence-corrected chi connectivity index (χ1v) is 11.8. The van der Waals surface area contributed by atoms with Gasteiger partial charge in [-0.25, -0.2) is 24.2 Å². The van der Waals surface area contributed by atoms with Crippen LogP contribution in [0.3, 0.4) is 0 Å². The normalized spacial score (nSPS) is 13.3. The quantitative estimate of drug-likeness (QED) is 0.319. The van der Waals surface area contributed by atoms with Gasteiger partial charge in [-0.15, -0.1) is 10.2 Å². The third kappa shape index (κ3) is 6.38. The molecule has 0 aliphatic rings. The molecule has 0 radical (unpaired) electrons. The van der Waals surface area contributed by atoms with Crippen molar-refractivity contribution in [3.8, 4) is 17.2 Å². The fraction of sp³-hybridized carbons (Fsp3) is 0.273. The lowest BCUT2D eigenvalue weighted by molar-refractivity contribution is -0.207. The van der Waals surface area contributed by atoms with E-state index in [4.69, 9.17) is 33.7 Å². The Kier molecular flexibility index (Phi) is 7.94. The molecule has 1 aromatic carbocycles. The van der Waals surface area contributed by atoms with E-state index in [2.05, 4.69) is 20.2 Å². The number of benzene rings is 1. The van der Waals surface area contributed by atoms with Crippen LogP contribution in [0.4, 0.5) is 18.0 Å². The molecule has 0 saturated heterocycles. The maximum Gasteiger partial charge on any atom is 0.416 e. The molecule has 0 fully saturated rings. The number of alkyl halides is 3. The van der Waals surface area contributed by atoms with E-state index >= 15 is 0 Å². The number of nitrogens with zero attached hydrogens (tertiary/aromatic N) is 7. The van der Waals surface area contributed by atoms with Crippen LogP contribution in [-0.2, 0) is 17.8 Å². The first-order valence-electron chi connectivity index (χ1n) is 11.1. The van der Waals surface area contributed by atoms with Crippen LogP contribution in [0.2, 0.25) is 10.0 Å². The van der Waals surface area contributed by atoms with E-state index < -0.39 is 43.3 Å². The number of amides is 1. The van der Waals surface area contributed by atoms with Crippen molar-refractivity contribution in [2.75, 3.05) is 0 Å². The third-order valence-corrected chi connectivity index (χ3v) is 5.79. The van der Waals surface area contributed by atoms with Crippen molar-refractivity contribution in [2.45, 2.75) is 38.4 Å². The van der Waals surface area contributed by atoms with Crippen LogP contribution in [0.15, 0.2) is 47.4 Å². The molecule has 0 saturated carbocycles. The molecule has 0 aliphatic carbocycles.